The molecule has 2 rings (SSSR count). The third kappa shape index (κ3) is 3.70. The summed E-state index contributed by atoms with van der Waals surface area (Å²) in [6, 6.07) is 0. The Bertz CT molecular complexity index is 214. The Labute approximate surface area is 97.6 Å². The molecule has 1 N–H and O–H groups in total. The van der Waals surface area contributed by atoms with Crippen LogP contribution >= 0.6 is 0 Å². The van der Waals surface area contributed by atoms with Crippen molar-refractivity contribution >= 4 is 0 Å². The monoisotopic (exact) mass is 229 g/mol. The summed E-state index contributed by atoms with van der Waals surface area (Å²) in [5, 5.41) is 3.40. The summed E-state index contributed by atoms with van der Waals surface area (Å²) in [7, 11) is 0. The molecular formula is C12H23NO3. The van der Waals surface area contributed by atoms with Gasteiger partial charge in [0.15, 0.2) is 0 Å². The highest BCUT2D eigenvalue weighted by molar-refractivity contribution is 4.82. The van der Waals surface area contributed by atoms with Crippen molar-refractivity contribution in [3.8, 4) is 0 Å². The minimum atomic E-state index is 0.0663. The van der Waals surface area contributed by atoms with Crippen LogP contribution in [0.2, 0.25) is 0 Å². The van der Waals surface area contributed by atoms with E-state index >= 15 is 0 Å². The molecule has 0 radical (unpaired) electrons. The maximum Gasteiger partial charge on any atom is 0.0933 e. The molecule has 2 unspecified atom stereocenters. The highest BCUT2D eigenvalue weighted by Gasteiger charge is 2.31. The minimum Gasteiger partial charge on any atom is -0.376 e. The summed E-state index contributed by atoms with van der Waals surface area (Å²) in [5.74, 6) is 0. The van der Waals surface area contributed by atoms with Crippen molar-refractivity contribution in [3.63, 3.8) is 0 Å². The zero-order valence-corrected chi connectivity index (χ0v) is 10.3. The standard InChI is InChI=1S/C12H23NO3/c1-12(2)4-3-10(16-12)7-13-8-11-9-14-5-6-15-11/h10-11,13H,3-9H2,1-2H3. The molecule has 0 aliphatic carbocycles. The molecule has 2 fully saturated rings. The SMILES string of the molecule is CC1(C)CCC(CNCC2COCCO2)O1. The first-order valence-electron chi connectivity index (χ1n) is 6.24. The molecule has 0 spiro atoms. The number of nitrogens with one attached hydrogen (secondary N) is 1. The molecule has 16 heavy (non-hydrogen) atoms. The average Bonchev–Trinajstić information content (AvgIpc) is 2.60. The zero-order chi connectivity index (χ0) is 11.4. The van der Waals surface area contributed by atoms with Gasteiger partial charge in [-0.3, -0.25) is 0 Å². The molecule has 2 aliphatic heterocycles. The normalized spacial score (nSPS) is 34.1. The molecule has 0 bridgehead atoms. The van der Waals surface area contributed by atoms with Crippen LogP contribution in [0.4, 0.5) is 0 Å². The molecule has 94 valence electrons. The Balaban J connectivity index is 1.58. The number of rotatable bonds is 4. The molecule has 0 saturated carbocycles. The largest absolute Gasteiger partial charge is 0.376 e. The van der Waals surface area contributed by atoms with Gasteiger partial charge in [-0.1, -0.05) is 0 Å². The third-order valence-electron chi connectivity index (χ3n) is 3.18. The molecule has 0 aromatic carbocycles. The first kappa shape index (κ1) is 12.3. The van der Waals surface area contributed by atoms with E-state index in [0.29, 0.717) is 12.7 Å². The van der Waals surface area contributed by atoms with Gasteiger partial charge in [-0.15, -0.1) is 0 Å². The molecule has 2 aliphatic rings. The van der Waals surface area contributed by atoms with Crippen LogP contribution in [0, 0.1) is 0 Å². The van der Waals surface area contributed by atoms with Crippen molar-refractivity contribution in [2.24, 2.45) is 0 Å². The van der Waals surface area contributed by atoms with E-state index in [0.717, 1.165) is 39.1 Å². The number of ether oxygens (including phenoxy) is 3. The first-order chi connectivity index (χ1) is 7.66. The minimum absolute atomic E-state index is 0.0663. The van der Waals surface area contributed by atoms with Gasteiger partial charge in [0.2, 0.25) is 0 Å². The Hall–Kier alpha value is -0.160. The molecule has 4 heteroatoms. The van der Waals surface area contributed by atoms with E-state index in [1.807, 2.05) is 0 Å². The molecule has 2 saturated heterocycles. The molecule has 2 atom stereocenters. The lowest BCUT2D eigenvalue weighted by Crippen LogP contribution is -2.40. The van der Waals surface area contributed by atoms with E-state index in [1.165, 1.54) is 0 Å². The zero-order valence-electron chi connectivity index (χ0n) is 10.3. The lowest BCUT2D eigenvalue weighted by atomic mass is 10.1. The first-order valence-corrected chi connectivity index (χ1v) is 6.24. The molecule has 0 amide bonds. The number of hydrogen-bond acceptors (Lipinski definition) is 4. The second-order valence-electron chi connectivity index (χ2n) is 5.26. The van der Waals surface area contributed by atoms with Crippen molar-refractivity contribution < 1.29 is 14.2 Å². The fraction of sp³-hybridized carbons (Fsp3) is 1.00. The van der Waals surface area contributed by atoms with Crippen LogP contribution in [-0.2, 0) is 14.2 Å². The maximum atomic E-state index is 5.90. The Morgan fingerprint density at radius 1 is 1.19 bits per heavy atom. The van der Waals surface area contributed by atoms with Gasteiger partial charge in [0, 0.05) is 13.1 Å². The van der Waals surface area contributed by atoms with Gasteiger partial charge in [0.05, 0.1) is 37.6 Å². The second kappa shape index (κ2) is 5.45. The summed E-state index contributed by atoms with van der Waals surface area (Å²) >= 11 is 0. The fourth-order valence-corrected chi connectivity index (χ4v) is 2.28. The maximum absolute atomic E-state index is 5.90. The highest BCUT2D eigenvalue weighted by Crippen LogP contribution is 2.28. The van der Waals surface area contributed by atoms with E-state index < -0.39 is 0 Å². The molecule has 0 aromatic rings. The second-order valence-corrected chi connectivity index (χ2v) is 5.26. The van der Waals surface area contributed by atoms with Crippen molar-refractivity contribution in [1.29, 1.82) is 0 Å². The van der Waals surface area contributed by atoms with E-state index in [2.05, 4.69) is 19.2 Å². The van der Waals surface area contributed by atoms with Gasteiger partial charge >= 0.3 is 0 Å². The average molecular weight is 229 g/mol. The Morgan fingerprint density at radius 2 is 2.00 bits per heavy atom. The quantitative estimate of drug-likeness (QED) is 0.779. The lowest BCUT2D eigenvalue weighted by Gasteiger charge is -2.24. The van der Waals surface area contributed by atoms with E-state index in [4.69, 9.17) is 14.2 Å². The van der Waals surface area contributed by atoms with Crippen LogP contribution in [0.3, 0.4) is 0 Å². The van der Waals surface area contributed by atoms with E-state index in [9.17, 15) is 0 Å². The van der Waals surface area contributed by atoms with E-state index in [-0.39, 0.29) is 11.7 Å². The summed E-state index contributed by atoms with van der Waals surface area (Å²) in [5.41, 5.74) is 0.0663. The van der Waals surface area contributed by atoms with Crippen LogP contribution < -0.4 is 5.32 Å². The predicted octanol–water partition coefficient (Wildman–Crippen LogP) is 0.949. The van der Waals surface area contributed by atoms with Gasteiger partial charge < -0.3 is 19.5 Å². The van der Waals surface area contributed by atoms with Crippen molar-refractivity contribution in [1.82, 2.24) is 5.32 Å². The van der Waals surface area contributed by atoms with Crippen molar-refractivity contribution in [3.05, 3.63) is 0 Å². The molecule has 2 heterocycles. The van der Waals surface area contributed by atoms with Gasteiger partial charge in [-0.2, -0.15) is 0 Å². The summed E-state index contributed by atoms with van der Waals surface area (Å²) < 4.78 is 16.8. The van der Waals surface area contributed by atoms with Gasteiger partial charge in [-0.05, 0) is 26.7 Å². The van der Waals surface area contributed by atoms with Crippen molar-refractivity contribution in [2.45, 2.75) is 44.5 Å². The lowest BCUT2D eigenvalue weighted by molar-refractivity contribution is -0.0876. The molecular weight excluding hydrogens is 206 g/mol. The smallest absolute Gasteiger partial charge is 0.0933 e. The van der Waals surface area contributed by atoms with Crippen LogP contribution in [0.15, 0.2) is 0 Å². The van der Waals surface area contributed by atoms with E-state index in [1.54, 1.807) is 0 Å². The van der Waals surface area contributed by atoms with Crippen LogP contribution in [0.1, 0.15) is 26.7 Å². The summed E-state index contributed by atoms with van der Waals surface area (Å²) in [6.07, 6.45) is 2.88. The summed E-state index contributed by atoms with van der Waals surface area (Å²) in [4.78, 5) is 0. The van der Waals surface area contributed by atoms with Gasteiger partial charge in [-0.25, -0.2) is 0 Å². The fourth-order valence-electron chi connectivity index (χ4n) is 2.28. The van der Waals surface area contributed by atoms with Crippen LogP contribution in [0.25, 0.3) is 0 Å². The topological polar surface area (TPSA) is 39.7 Å². The van der Waals surface area contributed by atoms with Gasteiger partial charge in [0.1, 0.15) is 0 Å². The third-order valence-corrected chi connectivity index (χ3v) is 3.18. The van der Waals surface area contributed by atoms with Gasteiger partial charge in [0.25, 0.3) is 0 Å². The van der Waals surface area contributed by atoms with Crippen LogP contribution in [-0.4, -0.2) is 50.7 Å². The molecule has 0 aromatic heterocycles. The van der Waals surface area contributed by atoms with Crippen molar-refractivity contribution in [2.75, 3.05) is 32.9 Å². The Morgan fingerprint density at radius 3 is 2.62 bits per heavy atom. The Kier molecular flexibility index (Phi) is 4.19. The predicted molar refractivity (Wildman–Crippen MR) is 61.6 cm³/mol. The number of hydrogen-bond donors (Lipinski definition) is 1. The highest BCUT2D eigenvalue weighted by atomic mass is 16.6. The summed E-state index contributed by atoms with van der Waals surface area (Å²) in [6.45, 7) is 8.26. The molecule has 4 nitrogen and oxygen atoms in total. The van der Waals surface area contributed by atoms with Crippen LogP contribution in [0.5, 0.6) is 0 Å².